The average Bonchev–Trinajstić information content (AvgIpc) is 2.68. The lowest BCUT2D eigenvalue weighted by molar-refractivity contribution is -0.383. The van der Waals surface area contributed by atoms with E-state index < -0.39 is 0 Å². The first-order valence-electron chi connectivity index (χ1n) is 9.04. The number of anilines is 1. The number of nitrogens with zero attached hydrogens (tertiary/aromatic N) is 5. The number of rotatable bonds is 4. The number of piperazine rings is 1. The molecule has 1 fully saturated rings. The van der Waals surface area contributed by atoms with E-state index in [-0.39, 0.29) is 10.6 Å². The van der Waals surface area contributed by atoms with Gasteiger partial charge in [0.2, 0.25) is 0 Å². The molecule has 0 atom stereocenters. The molecule has 7 nitrogen and oxygen atoms in total. The van der Waals surface area contributed by atoms with E-state index in [1.807, 2.05) is 43.5 Å². The highest BCUT2D eigenvalue weighted by molar-refractivity contribution is 5.97. The SMILES string of the molecule is Cc1cc(N2CCN(Cc3ccccn3)CC2)c2cccc([N+](=O)[O-])c2n1. The Bertz CT molecular complexity index is 969. The number of pyridine rings is 2. The number of hydrogen-bond donors (Lipinski definition) is 0. The second kappa shape index (κ2) is 7.28. The first-order valence-corrected chi connectivity index (χ1v) is 9.04. The van der Waals surface area contributed by atoms with Crippen LogP contribution < -0.4 is 4.90 Å². The Hall–Kier alpha value is -3.06. The average molecular weight is 363 g/mol. The summed E-state index contributed by atoms with van der Waals surface area (Å²) in [7, 11) is 0. The summed E-state index contributed by atoms with van der Waals surface area (Å²) in [4.78, 5) is 24.5. The topological polar surface area (TPSA) is 75.4 Å². The molecule has 0 N–H and O–H groups in total. The van der Waals surface area contributed by atoms with Crippen molar-refractivity contribution in [2.24, 2.45) is 0 Å². The van der Waals surface area contributed by atoms with Crippen LogP contribution >= 0.6 is 0 Å². The van der Waals surface area contributed by atoms with Crippen LogP contribution in [-0.2, 0) is 6.54 Å². The summed E-state index contributed by atoms with van der Waals surface area (Å²) in [6, 6.07) is 13.2. The van der Waals surface area contributed by atoms with Gasteiger partial charge >= 0.3 is 0 Å². The highest BCUT2D eigenvalue weighted by atomic mass is 16.6. The monoisotopic (exact) mass is 363 g/mol. The number of aryl methyl sites for hydroxylation is 1. The van der Waals surface area contributed by atoms with E-state index in [0.717, 1.165) is 55.2 Å². The minimum absolute atomic E-state index is 0.0613. The van der Waals surface area contributed by atoms with Crippen molar-refractivity contribution >= 4 is 22.3 Å². The van der Waals surface area contributed by atoms with Crippen LogP contribution in [0.3, 0.4) is 0 Å². The third-order valence-corrected chi connectivity index (χ3v) is 4.95. The number of nitro benzene ring substituents is 1. The zero-order valence-corrected chi connectivity index (χ0v) is 15.2. The largest absolute Gasteiger partial charge is 0.368 e. The fraction of sp³-hybridized carbons (Fsp3) is 0.300. The maximum Gasteiger partial charge on any atom is 0.295 e. The van der Waals surface area contributed by atoms with Crippen molar-refractivity contribution in [1.82, 2.24) is 14.9 Å². The Morgan fingerprint density at radius 3 is 2.63 bits per heavy atom. The van der Waals surface area contributed by atoms with E-state index in [4.69, 9.17) is 0 Å². The number of nitro groups is 1. The maximum absolute atomic E-state index is 11.4. The van der Waals surface area contributed by atoms with Crippen LogP contribution in [0.5, 0.6) is 0 Å². The van der Waals surface area contributed by atoms with E-state index in [2.05, 4.69) is 19.8 Å². The summed E-state index contributed by atoms with van der Waals surface area (Å²) in [6.45, 7) is 6.32. The smallest absolute Gasteiger partial charge is 0.295 e. The van der Waals surface area contributed by atoms with Gasteiger partial charge in [-0.1, -0.05) is 18.2 Å². The zero-order chi connectivity index (χ0) is 18.8. The molecule has 27 heavy (non-hydrogen) atoms. The van der Waals surface area contributed by atoms with E-state index >= 15 is 0 Å². The molecule has 1 aliphatic rings. The van der Waals surface area contributed by atoms with Crippen LogP contribution in [-0.4, -0.2) is 46.0 Å². The normalized spacial score (nSPS) is 15.2. The lowest BCUT2D eigenvalue weighted by Gasteiger charge is -2.36. The summed E-state index contributed by atoms with van der Waals surface area (Å²) in [5.41, 5.74) is 3.42. The zero-order valence-electron chi connectivity index (χ0n) is 15.2. The van der Waals surface area contributed by atoms with Gasteiger partial charge in [-0.3, -0.25) is 20.0 Å². The van der Waals surface area contributed by atoms with Gasteiger partial charge in [0.05, 0.1) is 10.6 Å². The molecular weight excluding hydrogens is 342 g/mol. The summed E-state index contributed by atoms with van der Waals surface area (Å²) in [6.07, 6.45) is 1.82. The van der Waals surface area contributed by atoms with Gasteiger partial charge in [0, 0.05) is 61.8 Å². The molecule has 0 saturated carbocycles. The molecule has 0 spiro atoms. The molecule has 4 rings (SSSR count). The van der Waals surface area contributed by atoms with Crippen molar-refractivity contribution in [1.29, 1.82) is 0 Å². The van der Waals surface area contributed by atoms with Gasteiger partial charge in [0.25, 0.3) is 5.69 Å². The van der Waals surface area contributed by atoms with E-state index in [9.17, 15) is 10.1 Å². The Morgan fingerprint density at radius 2 is 1.93 bits per heavy atom. The molecule has 1 aromatic carbocycles. The number of non-ortho nitro benzene ring substituents is 1. The van der Waals surface area contributed by atoms with Crippen molar-refractivity contribution in [2.45, 2.75) is 13.5 Å². The highest BCUT2D eigenvalue weighted by Gasteiger charge is 2.22. The lowest BCUT2D eigenvalue weighted by Crippen LogP contribution is -2.46. The molecule has 0 amide bonds. The first kappa shape index (κ1) is 17.4. The number of aromatic nitrogens is 2. The van der Waals surface area contributed by atoms with Crippen molar-refractivity contribution in [3.8, 4) is 0 Å². The second-order valence-electron chi connectivity index (χ2n) is 6.80. The maximum atomic E-state index is 11.4. The number of hydrogen-bond acceptors (Lipinski definition) is 6. The molecular formula is C20H21N5O2. The van der Waals surface area contributed by atoms with Crippen LogP contribution in [0.4, 0.5) is 11.4 Å². The molecule has 0 unspecified atom stereocenters. The Kier molecular flexibility index (Phi) is 4.68. The number of fused-ring (bicyclic) bond motifs is 1. The Balaban J connectivity index is 1.57. The minimum atomic E-state index is -0.358. The molecule has 0 bridgehead atoms. The third kappa shape index (κ3) is 3.59. The quantitative estimate of drug-likeness (QED) is 0.523. The molecule has 0 radical (unpaired) electrons. The van der Waals surface area contributed by atoms with Crippen molar-refractivity contribution < 1.29 is 4.92 Å². The van der Waals surface area contributed by atoms with E-state index in [1.165, 1.54) is 6.07 Å². The lowest BCUT2D eigenvalue weighted by atomic mass is 10.1. The van der Waals surface area contributed by atoms with Gasteiger partial charge in [-0.15, -0.1) is 0 Å². The van der Waals surface area contributed by atoms with Gasteiger partial charge < -0.3 is 4.90 Å². The summed E-state index contributed by atoms with van der Waals surface area (Å²) < 4.78 is 0. The fourth-order valence-corrected chi connectivity index (χ4v) is 3.62. The number of benzene rings is 1. The van der Waals surface area contributed by atoms with Crippen LogP contribution in [0, 0.1) is 17.0 Å². The van der Waals surface area contributed by atoms with Gasteiger partial charge in [-0.2, -0.15) is 0 Å². The summed E-state index contributed by atoms with van der Waals surface area (Å²) >= 11 is 0. The van der Waals surface area contributed by atoms with Gasteiger partial charge in [0.1, 0.15) is 0 Å². The molecule has 0 aliphatic carbocycles. The second-order valence-corrected chi connectivity index (χ2v) is 6.80. The molecule has 3 heterocycles. The number of para-hydroxylation sites is 1. The van der Waals surface area contributed by atoms with Crippen molar-refractivity contribution in [3.63, 3.8) is 0 Å². The predicted molar refractivity (Wildman–Crippen MR) is 105 cm³/mol. The molecule has 138 valence electrons. The van der Waals surface area contributed by atoms with Gasteiger partial charge in [0.15, 0.2) is 5.52 Å². The van der Waals surface area contributed by atoms with Crippen LogP contribution in [0.15, 0.2) is 48.7 Å². The first-order chi connectivity index (χ1) is 13.1. The molecule has 1 aliphatic heterocycles. The highest BCUT2D eigenvalue weighted by Crippen LogP contribution is 2.32. The van der Waals surface area contributed by atoms with Crippen LogP contribution in [0.25, 0.3) is 10.9 Å². The third-order valence-electron chi connectivity index (χ3n) is 4.95. The standard InChI is InChI=1S/C20H21N5O2/c1-15-13-19(17-6-4-7-18(25(26)27)20(17)22-15)24-11-9-23(10-12-24)14-16-5-2-3-8-21-16/h2-8,13H,9-12,14H2,1H3. The van der Waals surface area contributed by atoms with Gasteiger partial charge in [-0.05, 0) is 25.1 Å². The van der Waals surface area contributed by atoms with Crippen molar-refractivity contribution in [2.75, 3.05) is 31.1 Å². The summed E-state index contributed by atoms with van der Waals surface area (Å²) in [5, 5.41) is 12.2. The Morgan fingerprint density at radius 1 is 1.11 bits per heavy atom. The molecule has 1 saturated heterocycles. The van der Waals surface area contributed by atoms with E-state index in [0.29, 0.717) is 5.52 Å². The summed E-state index contributed by atoms with van der Waals surface area (Å²) in [5.74, 6) is 0. The van der Waals surface area contributed by atoms with E-state index in [1.54, 1.807) is 6.07 Å². The fourth-order valence-electron chi connectivity index (χ4n) is 3.62. The Labute approximate surface area is 157 Å². The van der Waals surface area contributed by atoms with Crippen molar-refractivity contribution in [3.05, 3.63) is 70.2 Å². The molecule has 3 aromatic rings. The molecule has 2 aromatic heterocycles. The van der Waals surface area contributed by atoms with Gasteiger partial charge in [-0.25, -0.2) is 4.98 Å². The minimum Gasteiger partial charge on any atom is -0.368 e. The van der Waals surface area contributed by atoms with Crippen LogP contribution in [0.1, 0.15) is 11.4 Å². The van der Waals surface area contributed by atoms with Crippen LogP contribution in [0.2, 0.25) is 0 Å². The molecule has 7 heteroatoms. The predicted octanol–water partition coefficient (Wildman–Crippen LogP) is 3.17.